The summed E-state index contributed by atoms with van der Waals surface area (Å²) in [7, 11) is 1.61. The Bertz CT molecular complexity index is 1010. The van der Waals surface area contributed by atoms with Gasteiger partial charge in [-0.05, 0) is 43.3 Å². The van der Waals surface area contributed by atoms with E-state index in [1.807, 2.05) is 43.3 Å². The molecule has 0 spiro atoms. The molecule has 0 N–H and O–H groups in total. The van der Waals surface area contributed by atoms with E-state index in [0.29, 0.717) is 17.1 Å². The van der Waals surface area contributed by atoms with Gasteiger partial charge in [0.05, 0.1) is 18.6 Å². The molecule has 3 rings (SSSR count). The maximum Gasteiger partial charge on any atom is 0.339 e. The van der Waals surface area contributed by atoms with E-state index in [1.165, 1.54) is 6.07 Å². The third-order valence-corrected chi connectivity index (χ3v) is 3.66. The van der Waals surface area contributed by atoms with Crippen molar-refractivity contribution in [2.75, 3.05) is 20.3 Å². The van der Waals surface area contributed by atoms with Crippen LogP contribution >= 0.6 is 0 Å². The van der Waals surface area contributed by atoms with Crippen LogP contribution in [0.25, 0.3) is 11.0 Å². The molecule has 0 saturated heterocycles. The van der Waals surface area contributed by atoms with Crippen molar-refractivity contribution in [3.8, 4) is 29.1 Å². The van der Waals surface area contributed by atoms with Gasteiger partial charge in [0.15, 0.2) is 0 Å². The van der Waals surface area contributed by atoms with E-state index in [4.69, 9.17) is 18.6 Å². The number of hydrogen-bond donors (Lipinski definition) is 0. The van der Waals surface area contributed by atoms with E-state index >= 15 is 0 Å². The summed E-state index contributed by atoms with van der Waals surface area (Å²) >= 11 is 0. The first kappa shape index (κ1) is 17.4. The zero-order chi connectivity index (χ0) is 18.4. The summed E-state index contributed by atoms with van der Waals surface area (Å²) in [6.07, 6.45) is 0. The molecular formula is C21H18O5. The lowest BCUT2D eigenvalue weighted by atomic mass is 10.1. The van der Waals surface area contributed by atoms with Crippen LogP contribution in [0.3, 0.4) is 0 Å². The Morgan fingerprint density at radius 2 is 1.62 bits per heavy atom. The largest absolute Gasteiger partial charge is 0.497 e. The van der Waals surface area contributed by atoms with Gasteiger partial charge in [-0.15, -0.1) is 0 Å². The number of rotatable bonds is 5. The molecule has 5 nitrogen and oxygen atoms in total. The predicted octanol–water partition coefficient (Wildman–Crippen LogP) is 3.57. The van der Waals surface area contributed by atoms with Gasteiger partial charge in [0.2, 0.25) is 0 Å². The van der Waals surface area contributed by atoms with Gasteiger partial charge >= 0.3 is 5.63 Å². The summed E-state index contributed by atoms with van der Waals surface area (Å²) < 4.78 is 21.4. The maximum atomic E-state index is 11.6. The monoisotopic (exact) mass is 350 g/mol. The normalized spacial score (nSPS) is 10.1. The summed E-state index contributed by atoms with van der Waals surface area (Å²) in [4.78, 5) is 11.6. The molecule has 3 aromatic rings. The van der Waals surface area contributed by atoms with Gasteiger partial charge in [-0.3, -0.25) is 0 Å². The summed E-state index contributed by atoms with van der Waals surface area (Å²) in [5.74, 6) is 7.69. The lowest BCUT2D eigenvalue weighted by molar-refractivity contribution is 0.361. The molecule has 0 aliphatic rings. The highest BCUT2D eigenvalue weighted by Gasteiger charge is 2.06. The van der Waals surface area contributed by atoms with Crippen molar-refractivity contribution in [2.24, 2.45) is 0 Å². The third-order valence-electron chi connectivity index (χ3n) is 3.66. The van der Waals surface area contributed by atoms with Crippen molar-refractivity contribution in [3.05, 3.63) is 64.5 Å². The van der Waals surface area contributed by atoms with Gasteiger partial charge in [-0.25, -0.2) is 4.79 Å². The summed E-state index contributed by atoms with van der Waals surface area (Å²) in [6, 6.07) is 14.1. The van der Waals surface area contributed by atoms with E-state index in [2.05, 4.69) is 11.8 Å². The molecule has 26 heavy (non-hydrogen) atoms. The van der Waals surface area contributed by atoms with Crippen molar-refractivity contribution >= 4 is 11.0 Å². The first-order valence-corrected chi connectivity index (χ1v) is 8.05. The quantitative estimate of drug-likeness (QED) is 0.520. The zero-order valence-electron chi connectivity index (χ0n) is 14.6. The molecule has 5 heteroatoms. The van der Waals surface area contributed by atoms with E-state index in [9.17, 15) is 4.79 Å². The van der Waals surface area contributed by atoms with Crippen molar-refractivity contribution in [1.29, 1.82) is 0 Å². The van der Waals surface area contributed by atoms with Gasteiger partial charge < -0.3 is 18.6 Å². The Labute approximate surface area is 151 Å². The van der Waals surface area contributed by atoms with Crippen molar-refractivity contribution in [1.82, 2.24) is 0 Å². The molecule has 1 aromatic heterocycles. The predicted molar refractivity (Wildman–Crippen MR) is 99.0 cm³/mol. The van der Waals surface area contributed by atoms with Gasteiger partial charge in [0, 0.05) is 0 Å². The first-order chi connectivity index (χ1) is 12.7. The minimum absolute atomic E-state index is 0.151. The molecule has 2 aromatic carbocycles. The average Bonchev–Trinajstić information content (AvgIpc) is 2.65. The standard InChI is InChI=1S/C21H18O5/c1-15-5-10-19-18(13-15)20(14-21(22)26-19)25-12-4-3-11-24-17-8-6-16(23-2)7-9-17/h5-10,13-14H,11-12H2,1-2H3. The van der Waals surface area contributed by atoms with Crippen LogP contribution in [-0.2, 0) is 0 Å². The smallest absolute Gasteiger partial charge is 0.339 e. The first-order valence-electron chi connectivity index (χ1n) is 8.05. The fourth-order valence-electron chi connectivity index (χ4n) is 2.37. The van der Waals surface area contributed by atoms with Gasteiger partial charge in [0.25, 0.3) is 0 Å². The van der Waals surface area contributed by atoms with Crippen LogP contribution in [0.5, 0.6) is 17.2 Å². The molecular weight excluding hydrogens is 332 g/mol. The lowest BCUT2D eigenvalue weighted by Crippen LogP contribution is -2.02. The highest BCUT2D eigenvalue weighted by molar-refractivity contribution is 5.83. The number of fused-ring (bicyclic) bond motifs is 1. The molecule has 0 atom stereocenters. The summed E-state index contributed by atoms with van der Waals surface area (Å²) in [5.41, 5.74) is 1.09. The zero-order valence-corrected chi connectivity index (χ0v) is 14.6. The maximum absolute atomic E-state index is 11.6. The van der Waals surface area contributed by atoms with Crippen molar-refractivity contribution < 1.29 is 18.6 Å². The van der Waals surface area contributed by atoms with Crippen molar-refractivity contribution in [2.45, 2.75) is 6.92 Å². The lowest BCUT2D eigenvalue weighted by Gasteiger charge is -2.06. The van der Waals surface area contributed by atoms with Crippen molar-refractivity contribution in [3.63, 3.8) is 0 Å². The van der Waals surface area contributed by atoms with Crippen LogP contribution in [0.2, 0.25) is 0 Å². The molecule has 0 saturated carbocycles. The molecule has 132 valence electrons. The molecule has 0 amide bonds. The van der Waals surface area contributed by atoms with Crippen LogP contribution in [0, 0.1) is 18.8 Å². The second kappa shape index (κ2) is 8.13. The summed E-state index contributed by atoms with van der Waals surface area (Å²) in [5, 5.41) is 0.751. The number of methoxy groups -OCH3 is 1. The fourth-order valence-corrected chi connectivity index (χ4v) is 2.37. The van der Waals surface area contributed by atoms with E-state index < -0.39 is 5.63 Å². The number of benzene rings is 2. The highest BCUT2D eigenvalue weighted by Crippen LogP contribution is 2.24. The second-order valence-electron chi connectivity index (χ2n) is 5.54. The van der Waals surface area contributed by atoms with Gasteiger partial charge in [-0.1, -0.05) is 23.5 Å². The van der Waals surface area contributed by atoms with E-state index in [0.717, 1.165) is 16.7 Å². The number of aryl methyl sites for hydroxylation is 1. The topological polar surface area (TPSA) is 57.9 Å². The fraction of sp³-hybridized carbons (Fsp3) is 0.190. The van der Waals surface area contributed by atoms with Crippen LogP contribution < -0.4 is 19.8 Å². The molecule has 0 aliphatic carbocycles. The third kappa shape index (κ3) is 4.37. The number of ether oxygens (including phenoxy) is 3. The average molecular weight is 350 g/mol. The summed E-state index contributed by atoms with van der Waals surface area (Å²) in [6.45, 7) is 2.36. The highest BCUT2D eigenvalue weighted by atomic mass is 16.5. The minimum Gasteiger partial charge on any atom is -0.497 e. The Hall–Kier alpha value is -3.39. The van der Waals surface area contributed by atoms with Gasteiger partial charge in [0.1, 0.15) is 36.0 Å². The SMILES string of the molecule is COc1ccc(OCC#CCOc2cc(=O)oc3ccc(C)cc23)cc1. The van der Waals surface area contributed by atoms with Crippen LogP contribution in [-0.4, -0.2) is 20.3 Å². The molecule has 0 radical (unpaired) electrons. The molecule has 0 fully saturated rings. The molecule has 0 unspecified atom stereocenters. The Morgan fingerprint density at radius 1 is 0.923 bits per heavy atom. The second-order valence-corrected chi connectivity index (χ2v) is 5.54. The molecule has 0 aliphatic heterocycles. The van der Waals surface area contributed by atoms with Crippen LogP contribution in [0.1, 0.15) is 5.56 Å². The Morgan fingerprint density at radius 3 is 2.35 bits per heavy atom. The Kier molecular flexibility index (Phi) is 5.45. The molecule has 1 heterocycles. The van der Waals surface area contributed by atoms with Crippen LogP contribution in [0.15, 0.2) is 57.7 Å². The minimum atomic E-state index is -0.452. The number of hydrogen-bond acceptors (Lipinski definition) is 5. The van der Waals surface area contributed by atoms with Gasteiger partial charge in [-0.2, -0.15) is 0 Å². The van der Waals surface area contributed by atoms with E-state index in [-0.39, 0.29) is 13.2 Å². The van der Waals surface area contributed by atoms with Crippen LogP contribution in [0.4, 0.5) is 0 Å². The Balaban J connectivity index is 1.58. The molecule has 0 bridgehead atoms. The van der Waals surface area contributed by atoms with E-state index in [1.54, 1.807) is 13.2 Å².